The Kier molecular flexibility index (Phi) is 5.57. The maximum atomic E-state index is 8.48. The molecule has 0 aliphatic rings. The van der Waals surface area contributed by atoms with E-state index in [4.69, 9.17) is 9.84 Å². The van der Waals surface area contributed by atoms with Gasteiger partial charge < -0.3 is 9.84 Å². The summed E-state index contributed by atoms with van der Waals surface area (Å²) < 4.78 is 4.98. The van der Waals surface area contributed by atoms with Crippen LogP contribution in [0.2, 0.25) is 0 Å². The predicted octanol–water partition coefficient (Wildman–Crippen LogP) is 0.960. The van der Waals surface area contributed by atoms with Crippen molar-refractivity contribution in [3.05, 3.63) is 12.2 Å². The summed E-state index contributed by atoms with van der Waals surface area (Å²) in [5, 5.41) is 8.48. The van der Waals surface area contributed by atoms with Gasteiger partial charge in [0, 0.05) is 20.1 Å². The van der Waals surface area contributed by atoms with E-state index in [0.717, 1.165) is 0 Å². The Balaban J connectivity index is 3.41. The quantitative estimate of drug-likeness (QED) is 0.574. The van der Waals surface area contributed by atoms with Gasteiger partial charge in [-0.1, -0.05) is 12.2 Å². The molecule has 0 saturated heterocycles. The molecule has 0 rings (SSSR count). The Morgan fingerprint density at radius 3 is 2.67 bits per heavy atom. The molecule has 0 aliphatic heterocycles. The van der Waals surface area contributed by atoms with Gasteiger partial charge >= 0.3 is 0 Å². The lowest BCUT2D eigenvalue weighted by molar-refractivity contribution is 0.112. The second-order valence-corrected chi connectivity index (χ2v) is 1.81. The van der Waals surface area contributed by atoms with E-state index in [1.54, 1.807) is 7.11 Å². The van der Waals surface area contributed by atoms with Gasteiger partial charge in [-0.15, -0.1) is 0 Å². The number of rotatable bonds is 4. The first-order valence-electron chi connectivity index (χ1n) is 3.11. The van der Waals surface area contributed by atoms with Gasteiger partial charge in [0.15, 0.2) is 0 Å². The molecule has 0 fully saturated rings. The third kappa shape index (κ3) is 4.18. The maximum absolute atomic E-state index is 8.48. The van der Waals surface area contributed by atoms with E-state index in [2.05, 4.69) is 0 Å². The normalized spacial score (nSPS) is 14.6. The number of aliphatic hydroxyl groups excluding tert-OH is 1. The molecule has 0 amide bonds. The lowest BCUT2D eigenvalue weighted by Crippen LogP contribution is -2.08. The van der Waals surface area contributed by atoms with Gasteiger partial charge in [-0.25, -0.2) is 0 Å². The van der Waals surface area contributed by atoms with Crippen molar-refractivity contribution in [2.24, 2.45) is 0 Å². The van der Waals surface area contributed by atoms with Gasteiger partial charge in [0.2, 0.25) is 0 Å². The molecule has 0 bridgehead atoms. The fraction of sp³-hybridized carbons (Fsp3) is 0.714. The van der Waals surface area contributed by atoms with Crippen LogP contribution in [0.5, 0.6) is 0 Å². The molecule has 54 valence electrons. The first-order chi connectivity index (χ1) is 4.35. The number of hydrogen-bond acceptors (Lipinski definition) is 2. The van der Waals surface area contributed by atoms with Gasteiger partial charge in [0.1, 0.15) is 0 Å². The zero-order chi connectivity index (χ0) is 7.11. The average molecular weight is 130 g/mol. The first-order valence-corrected chi connectivity index (χ1v) is 3.11. The number of hydrogen-bond donors (Lipinski definition) is 1. The first kappa shape index (κ1) is 8.66. The molecule has 1 N–H and O–H groups in total. The summed E-state index contributed by atoms with van der Waals surface area (Å²) in [5.41, 5.74) is 0. The van der Waals surface area contributed by atoms with Crippen LogP contribution in [0, 0.1) is 0 Å². The lowest BCUT2D eigenvalue weighted by Gasteiger charge is -2.06. The molecule has 0 saturated carbocycles. The highest BCUT2D eigenvalue weighted by Gasteiger charge is 1.98. The molecule has 0 aromatic rings. The molecular formula is C7H14O2. The fourth-order valence-electron chi connectivity index (χ4n) is 0.635. The summed E-state index contributed by atoms with van der Waals surface area (Å²) in [7, 11) is 1.64. The SMILES string of the molecule is CC=CC(CCO)OC. The highest BCUT2D eigenvalue weighted by atomic mass is 16.5. The Morgan fingerprint density at radius 1 is 1.67 bits per heavy atom. The molecule has 1 atom stereocenters. The third-order valence-corrected chi connectivity index (χ3v) is 1.12. The van der Waals surface area contributed by atoms with Crippen molar-refractivity contribution in [2.45, 2.75) is 19.4 Å². The van der Waals surface area contributed by atoms with Crippen molar-refractivity contribution >= 4 is 0 Å². The number of methoxy groups -OCH3 is 1. The molecule has 0 aromatic heterocycles. The third-order valence-electron chi connectivity index (χ3n) is 1.12. The zero-order valence-electron chi connectivity index (χ0n) is 6.00. The van der Waals surface area contributed by atoms with Crippen LogP contribution < -0.4 is 0 Å². The summed E-state index contributed by atoms with van der Waals surface area (Å²) in [6.45, 7) is 2.12. The smallest absolute Gasteiger partial charge is 0.0773 e. The predicted molar refractivity (Wildman–Crippen MR) is 37.3 cm³/mol. The molecule has 0 aliphatic carbocycles. The van der Waals surface area contributed by atoms with E-state index in [1.807, 2.05) is 19.1 Å². The van der Waals surface area contributed by atoms with E-state index in [0.29, 0.717) is 6.42 Å². The summed E-state index contributed by atoms with van der Waals surface area (Å²) in [6.07, 6.45) is 4.61. The molecule has 0 heterocycles. The Labute approximate surface area is 56.1 Å². The van der Waals surface area contributed by atoms with Crippen molar-refractivity contribution in [3.63, 3.8) is 0 Å². The van der Waals surface area contributed by atoms with Crippen LogP contribution in [0.25, 0.3) is 0 Å². The molecule has 9 heavy (non-hydrogen) atoms. The van der Waals surface area contributed by atoms with Crippen molar-refractivity contribution < 1.29 is 9.84 Å². The van der Waals surface area contributed by atoms with E-state index in [9.17, 15) is 0 Å². The minimum Gasteiger partial charge on any atom is -0.396 e. The van der Waals surface area contributed by atoms with Crippen LogP contribution in [0.3, 0.4) is 0 Å². The van der Waals surface area contributed by atoms with E-state index in [-0.39, 0.29) is 12.7 Å². The maximum Gasteiger partial charge on any atom is 0.0773 e. The van der Waals surface area contributed by atoms with Crippen LogP contribution in [0.1, 0.15) is 13.3 Å². The topological polar surface area (TPSA) is 29.5 Å². The van der Waals surface area contributed by atoms with E-state index < -0.39 is 0 Å². The van der Waals surface area contributed by atoms with Crippen LogP contribution >= 0.6 is 0 Å². The van der Waals surface area contributed by atoms with Crippen LogP contribution in [-0.4, -0.2) is 24.9 Å². The largest absolute Gasteiger partial charge is 0.396 e. The molecule has 2 nitrogen and oxygen atoms in total. The number of ether oxygens (including phenoxy) is 1. The Bertz CT molecular complexity index is 79.0. The Morgan fingerprint density at radius 2 is 2.33 bits per heavy atom. The summed E-state index contributed by atoms with van der Waals surface area (Å²) in [4.78, 5) is 0. The summed E-state index contributed by atoms with van der Waals surface area (Å²) >= 11 is 0. The average Bonchev–Trinajstić information content (AvgIpc) is 1.88. The fourth-order valence-corrected chi connectivity index (χ4v) is 0.635. The molecule has 0 spiro atoms. The standard InChI is InChI=1S/C7H14O2/c1-3-4-7(9-2)5-6-8/h3-4,7-8H,5-6H2,1-2H3. The Hall–Kier alpha value is -0.340. The van der Waals surface area contributed by atoms with Gasteiger partial charge in [0.25, 0.3) is 0 Å². The minimum atomic E-state index is 0.0833. The lowest BCUT2D eigenvalue weighted by atomic mass is 10.2. The van der Waals surface area contributed by atoms with Crippen molar-refractivity contribution in [1.29, 1.82) is 0 Å². The van der Waals surface area contributed by atoms with Gasteiger partial charge in [-0.2, -0.15) is 0 Å². The minimum absolute atomic E-state index is 0.0833. The zero-order valence-corrected chi connectivity index (χ0v) is 6.00. The van der Waals surface area contributed by atoms with Crippen molar-refractivity contribution in [2.75, 3.05) is 13.7 Å². The molecule has 1 unspecified atom stereocenters. The summed E-state index contributed by atoms with van der Waals surface area (Å²) in [5.74, 6) is 0. The van der Waals surface area contributed by atoms with Crippen LogP contribution in [0.15, 0.2) is 12.2 Å². The number of allylic oxidation sites excluding steroid dienone is 1. The molecule has 2 heteroatoms. The molecular weight excluding hydrogens is 116 g/mol. The second kappa shape index (κ2) is 5.79. The van der Waals surface area contributed by atoms with Crippen molar-refractivity contribution in [1.82, 2.24) is 0 Å². The highest BCUT2D eigenvalue weighted by Crippen LogP contribution is 1.96. The highest BCUT2D eigenvalue weighted by molar-refractivity contribution is 4.85. The van der Waals surface area contributed by atoms with Crippen LogP contribution in [-0.2, 0) is 4.74 Å². The second-order valence-electron chi connectivity index (χ2n) is 1.81. The number of aliphatic hydroxyl groups is 1. The van der Waals surface area contributed by atoms with E-state index >= 15 is 0 Å². The van der Waals surface area contributed by atoms with Crippen molar-refractivity contribution in [3.8, 4) is 0 Å². The van der Waals surface area contributed by atoms with Crippen LogP contribution in [0.4, 0.5) is 0 Å². The molecule has 0 aromatic carbocycles. The van der Waals surface area contributed by atoms with Gasteiger partial charge in [-0.05, 0) is 6.92 Å². The summed E-state index contributed by atoms with van der Waals surface area (Å²) in [6, 6.07) is 0. The van der Waals surface area contributed by atoms with E-state index in [1.165, 1.54) is 0 Å². The molecule has 0 radical (unpaired) electrons. The van der Waals surface area contributed by atoms with Gasteiger partial charge in [-0.3, -0.25) is 0 Å². The monoisotopic (exact) mass is 130 g/mol. The van der Waals surface area contributed by atoms with Gasteiger partial charge in [0.05, 0.1) is 6.10 Å².